The molecule has 0 radical (unpaired) electrons. The van der Waals surface area contributed by atoms with Crippen molar-refractivity contribution >= 4 is 28.9 Å². The largest absolute Gasteiger partial charge is 0.344 e. The Morgan fingerprint density at radius 2 is 1.97 bits per heavy atom. The molecule has 1 unspecified atom stereocenters. The number of rotatable bonds is 12. The molecule has 2 amide bonds. The van der Waals surface area contributed by atoms with Crippen LogP contribution >= 0.6 is 11.3 Å². The number of amides is 2. The molecular formula is C24H33N5O3S. The van der Waals surface area contributed by atoms with Crippen molar-refractivity contribution in [1.82, 2.24) is 15.2 Å². The van der Waals surface area contributed by atoms with Crippen LogP contribution in [0.5, 0.6) is 0 Å². The molecule has 0 aliphatic carbocycles. The van der Waals surface area contributed by atoms with Crippen LogP contribution in [0.3, 0.4) is 0 Å². The van der Waals surface area contributed by atoms with E-state index in [1.54, 1.807) is 16.5 Å². The van der Waals surface area contributed by atoms with Crippen LogP contribution in [0, 0.1) is 0 Å². The van der Waals surface area contributed by atoms with Crippen molar-refractivity contribution in [3.05, 3.63) is 52.5 Å². The molecule has 1 fully saturated rings. The predicted octanol–water partition coefficient (Wildman–Crippen LogP) is 1.89. The highest BCUT2D eigenvalue weighted by atomic mass is 32.1. The number of likely N-dealkylation sites (tertiary alicyclic amines) is 1. The highest BCUT2D eigenvalue weighted by Crippen LogP contribution is 2.20. The maximum absolute atomic E-state index is 13.2. The molecule has 0 spiro atoms. The molecule has 2 aromatic rings. The van der Waals surface area contributed by atoms with Crippen LogP contribution in [0.15, 0.2) is 41.9 Å². The number of aromatic nitrogens is 1. The van der Waals surface area contributed by atoms with E-state index in [2.05, 4.69) is 10.3 Å². The van der Waals surface area contributed by atoms with Gasteiger partial charge in [0.1, 0.15) is 6.04 Å². The maximum Gasteiger partial charge on any atom is 0.243 e. The van der Waals surface area contributed by atoms with E-state index in [0.717, 1.165) is 31.2 Å². The predicted molar refractivity (Wildman–Crippen MR) is 129 cm³/mol. The molecule has 33 heavy (non-hydrogen) atoms. The summed E-state index contributed by atoms with van der Waals surface area (Å²) in [6.07, 6.45) is 6.32. The number of benzene rings is 1. The second-order valence-corrected chi connectivity index (χ2v) is 9.28. The van der Waals surface area contributed by atoms with Gasteiger partial charge in [-0.3, -0.25) is 14.4 Å². The van der Waals surface area contributed by atoms with E-state index in [1.165, 1.54) is 11.3 Å². The minimum absolute atomic E-state index is 0.192. The fourth-order valence-electron chi connectivity index (χ4n) is 4.17. The summed E-state index contributed by atoms with van der Waals surface area (Å²) in [5.74, 6) is -0.730. The highest BCUT2D eigenvalue weighted by molar-refractivity contribution is 7.11. The number of carbonyl (C=O) groups is 3. The van der Waals surface area contributed by atoms with E-state index in [-0.39, 0.29) is 17.6 Å². The number of carbonyl (C=O) groups excluding carboxylic acids is 3. The fourth-order valence-corrected chi connectivity index (χ4v) is 4.80. The fraction of sp³-hybridized carbons (Fsp3) is 0.500. The van der Waals surface area contributed by atoms with Crippen LogP contribution < -0.4 is 16.8 Å². The first-order valence-corrected chi connectivity index (χ1v) is 12.4. The van der Waals surface area contributed by atoms with E-state index < -0.39 is 18.1 Å². The third-order valence-corrected chi connectivity index (χ3v) is 6.71. The van der Waals surface area contributed by atoms with Crippen LogP contribution in [0.1, 0.15) is 53.9 Å². The maximum atomic E-state index is 13.2. The van der Waals surface area contributed by atoms with Gasteiger partial charge in [0, 0.05) is 18.1 Å². The number of hydrogen-bond donors (Lipinski definition) is 3. The van der Waals surface area contributed by atoms with E-state index in [9.17, 15) is 14.4 Å². The molecule has 3 rings (SSSR count). The number of Topliss-reactive ketones (excluding diaryl/α,β-unsaturated/α-hetero) is 1. The first kappa shape index (κ1) is 25.0. The van der Waals surface area contributed by atoms with Crippen molar-refractivity contribution in [3.63, 3.8) is 0 Å². The topological polar surface area (TPSA) is 131 Å². The summed E-state index contributed by atoms with van der Waals surface area (Å²) >= 11 is 1.26. The minimum atomic E-state index is -0.718. The number of nitrogens with two attached hydrogens (primary N) is 2. The number of ketones is 1. The van der Waals surface area contributed by atoms with Gasteiger partial charge in [0.05, 0.1) is 12.1 Å². The summed E-state index contributed by atoms with van der Waals surface area (Å²) < 4.78 is 0. The summed E-state index contributed by atoms with van der Waals surface area (Å²) in [6.45, 7) is 1.08. The molecule has 1 aromatic carbocycles. The van der Waals surface area contributed by atoms with E-state index in [1.807, 2.05) is 30.3 Å². The molecule has 1 aromatic heterocycles. The number of nitrogens with one attached hydrogen (secondary N) is 1. The molecular weight excluding hydrogens is 438 g/mol. The molecule has 5 N–H and O–H groups in total. The third kappa shape index (κ3) is 6.93. The Kier molecular flexibility index (Phi) is 9.53. The van der Waals surface area contributed by atoms with E-state index in [4.69, 9.17) is 11.5 Å². The van der Waals surface area contributed by atoms with Crippen molar-refractivity contribution in [2.75, 3.05) is 13.1 Å². The smallest absolute Gasteiger partial charge is 0.243 e. The molecule has 0 saturated carbocycles. The Labute approximate surface area is 198 Å². The quantitative estimate of drug-likeness (QED) is 0.320. The Hall–Kier alpha value is -2.62. The standard InChI is InChI=1S/C24H33N5O3S/c25-12-6-2-5-10-19(21(30)23-27-13-15-33-23)28-22(31)20-11-7-14-29(20)24(32)18(26)16-17-8-3-1-4-9-17/h1,3-4,8-9,13,15,18-20H,2,5-7,10-12,14,16,25-26H2,(H,28,31)/t18-,19?,20+/m1/s1. The summed E-state index contributed by atoms with van der Waals surface area (Å²) in [5.41, 5.74) is 12.8. The summed E-state index contributed by atoms with van der Waals surface area (Å²) in [5, 5.41) is 5.03. The number of unbranched alkanes of at least 4 members (excludes halogenated alkanes) is 2. The van der Waals surface area contributed by atoms with Crippen LogP contribution in [0.4, 0.5) is 0 Å². The van der Waals surface area contributed by atoms with Crippen LogP contribution in [-0.2, 0) is 16.0 Å². The van der Waals surface area contributed by atoms with Gasteiger partial charge in [-0.05, 0) is 44.2 Å². The monoisotopic (exact) mass is 471 g/mol. The van der Waals surface area contributed by atoms with Crippen molar-refractivity contribution in [3.8, 4) is 0 Å². The SMILES string of the molecule is NCCCCCC(NC(=O)[C@@H]1CCCN1C(=O)[C@H](N)Cc1ccccc1)C(=O)c1nccs1. The lowest BCUT2D eigenvalue weighted by atomic mass is 10.0. The van der Waals surface area contributed by atoms with Crippen molar-refractivity contribution < 1.29 is 14.4 Å². The van der Waals surface area contributed by atoms with E-state index in [0.29, 0.717) is 37.4 Å². The number of nitrogens with zero attached hydrogens (tertiary/aromatic N) is 2. The lowest BCUT2D eigenvalue weighted by Gasteiger charge is -2.28. The molecule has 178 valence electrons. The molecule has 1 aliphatic rings. The second-order valence-electron chi connectivity index (χ2n) is 8.39. The average Bonchev–Trinajstić information content (AvgIpc) is 3.53. The van der Waals surface area contributed by atoms with Gasteiger partial charge in [-0.1, -0.05) is 43.2 Å². The third-order valence-electron chi connectivity index (χ3n) is 5.93. The lowest BCUT2D eigenvalue weighted by molar-refractivity contribution is -0.139. The first-order chi connectivity index (χ1) is 16.0. The second kappa shape index (κ2) is 12.6. The van der Waals surface area contributed by atoms with Gasteiger partial charge in [-0.25, -0.2) is 4.98 Å². The number of thiazole rings is 1. The molecule has 1 saturated heterocycles. The Morgan fingerprint density at radius 1 is 1.18 bits per heavy atom. The zero-order valence-corrected chi connectivity index (χ0v) is 19.6. The molecule has 8 nitrogen and oxygen atoms in total. The van der Waals surface area contributed by atoms with Gasteiger partial charge < -0.3 is 21.7 Å². The van der Waals surface area contributed by atoms with Crippen molar-refractivity contribution in [2.45, 2.75) is 63.1 Å². The Bertz CT molecular complexity index is 906. The molecule has 9 heteroatoms. The average molecular weight is 472 g/mol. The van der Waals surface area contributed by atoms with Crippen LogP contribution in [0.25, 0.3) is 0 Å². The van der Waals surface area contributed by atoms with Gasteiger partial charge in [0.2, 0.25) is 17.6 Å². The first-order valence-electron chi connectivity index (χ1n) is 11.6. The Balaban J connectivity index is 1.64. The summed E-state index contributed by atoms with van der Waals surface area (Å²) in [7, 11) is 0. The molecule has 0 bridgehead atoms. The van der Waals surface area contributed by atoms with Gasteiger partial charge in [-0.15, -0.1) is 11.3 Å². The number of hydrogen-bond acceptors (Lipinski definition) is 7. The Morgan fingerprint density at radius 3 is 2.67 bits per heavy atom. The van der Waals surface area contributed by atoms with Crippen molar-refractivity contribution in [1.29, 1.82) is 0 Å². The normalized spacial score (nSPS) is 17.5. The van der Waals surface area contributed by atoms with Crippen LogP contribution in [0.2, 0.25) is 0 Å². The minimum Gasteiger partial charge on any atom is -0.344 e. The van der Waals surface area contributed by atoms with Gasteiger partial charge >= 0.3 is 0 Å². The molecule has 3 atom stereocenters. The van der Waals surface area contributed by atoms with Gasteiger partial charge in [0.25, 0.3) is 0 Å². The lowest BCUT2D eigenvalue weighted by Crippen LogP contribution is -2.54. The van der Waals surface area contributed by atoms with Gasteiger partial charge in [-0.2, -0.15) is 0 Å². The zero-order chi connectivity index (χ0) is 23.6. The highest BCUT2D eigenvalue weighted by Gasteiger charge is 2.37. The van der Waals surface area contributed by atoms with Crippen molar-refractivity contribution in [2.24, 2.45) is 11.5 Å². The zero-order valence-electron chi connectivity index (χ0n) is 18.8. The molecule has 2 heterocycles. The van der Waals surface area contributed by atoms with Gasteiger partial charge in [0.15, 0.2) is 5.01 Å². The summed E-state index contributed by atoms with van der Waals surface area (Å²) in [4.78, 5) is 44.9. The van der Waals surface area contributed by atoms with Crippen LogP contribution in [-0.4, -0.2) is 58.7 Å². The van der Waals surface area contributed by atoms with E-state index >= 15 is 0 Å². The summed E-state index contributed by atoms with van der Waals surface area (Å²) in [6, 6.07) is 7.59. The molecule has 1 aliphatic heterocycles.